The molecule has 108 valence electrons. The molecule has 1 saturated heterocycles. The molecule has 1 fully saturated rings. The lowest BCUT2D eigenvalue weighted by Crippen LogP contribution is -2.22. The van der Waals surface area contributed by atoms with Gasteiger partial charge in [0.25, 0.3) is 0 Å². The van der Waals surface area contributed by atoms with E-state index >= 15 is 0 Å². The second-order valence-electron chi connectivity index (χ2n) is 5.47. The number of ether oxygens (including phenoxy) is 1. The van der Waals surface area contributed by atoms with E-state index in [4.69, 9.17) is 4.74 Å². The van der Waals surface area contributed by atoms with Crippen molar-refractivity contribution in [3.05, 3.63) is 29.3 Å². The first kappa shape index (κ1) is 13.3. The van der Waals surface area contributed by atoms with Crippen LogP contribution in [0.2, 0.25) is 0 Å². The maximum Gasteiger partial charge on any atom is 0.377 e. The molecule has 20 heavy (non-hydrogen) atoms. The molecule has 1 aliphatic heterocycles. The summed E-state index contributed by atoms with van der Waals surface area (Å²) >= 11 is 0. The number of cyclic esters (lactones) is 1. The molecule has 0 bridgehead atoms. The number of esters is 1. The smallest absolute Gasteiger partial charge is 0.377 e. The van der Waals surface area contributed by atoms with Crippen LogP contribution in [0.5, 0.6) is 0 Å². The average molecular weight is 281 g/mol. The number of carbonyl (C=O) groups excluding carboxylic acids is 1. The lowest BCUT2D eigenvalue weighted by molar-refractivity contribution is -0.158. The third-order valence-corrected chi connectivity index (χ3v) is 3.97. The molecule has 0 saturated carbocycles. The molecule has 1 N–H and O–H groups in total. The lowest BCUT2D eigenvalue weighted by atomic mass is 9.90. The summed E-state index contributed by atoms with van der Waals surface area (Å²) in [4.78, 5) is 11.0. The number of benzene rings is 1. The number of alkyl halides is 2. The van der Waals surface area contributed by atoms with Gasteiger partial charge < -0.3 is 10.1 Å². The number of nitrogens with one attached hydrogen (secondary N) is 1. The third-order valence-electron chi connectivity index (χ3n) is 3.97. The van der Waals surface area contributed by atoms with Gasteiger partial charge >= 0.3 is 11.9 Å². The summed E-state index contributed by atoms with van der Waals surface area (Å²) in [6.07, 6.45) is 3.15. The summed E-state index contributed by atoms with van der Waals surface area (Å²) in [5.74, 6) is -4.73. The van der Waals surface area contributed by atoms with Gasteiger partial charge in [0, 0.05) is 5.69 Å². The quantitative estimate of drug-likeness (QED) is 0.866. The van der Waals surface area contributed by atoms with Crippen LogP contribution in [0, 0.1) is 0 Å². The molecule has 1 aliphatic carbocycles. The zero-order valence-electron chi connectivity index (χ0n) is 11.1. The Morgan fingerprint density at radius 3 is 2.85 bits per heavy atom. The Bertz CT molecular complexity index is 531. The fourth-order valence-electron chi connectivity index (χ4n) is 2.93. The highest BCUT2D eigenvalue weighted by Crippen LogP contribution is 2.32. The first-order chi connectivity index (χ1) is 9.56. The van der Waals surface area contributed by atoms with Crippen LogP contribution in [-0.4, -0.2) is 24.5 Å². The monoisotopic (exact) mass is 281 g/mol. The van der Waals surface area contributed by atoms with E-state index in [2.05, 4.69) is 11.4 Å². The molecule has 1 atom stereocenters. The van der Waals surface area contributed by atoms with E-state index in [1.54, 1.807) is 0 Å². The summed E-state index contributed by atoms with van der Waals surface area (Å²) in [5, 5.41) is 3.16. The molecule has 0 amide bonds. The predicted octanol–water partition coefficient (Wildman–Crippen LogP) is 2.93. The zero-order chi connectivity index (χ0) is 14.2. The molecular weight excluding hydrogens is 264 g/mol. The van der Waals surface area contributed by atoms with Crippen molar-refractivity contribution in [2.45, 2.75) is 44.1 Å². The van der Waals surface area contributed by atoms with Crippen LogP contribution >= 0.6 is 0 Å². The highest BCUT2D eigenvalue weighted by Gasteiger charge is 2.50. The number of hydrogen-bond acceptors (Lipinski definition) is 3. The Kier molecular flexibility index (Phi) is 3.36. The maximum atomic E-state index is 13.1. The van der Waals surface area contributed by atoms with Crippen LogP contribution in [0.3, 0.4) is 0 Å². The lowest BCUT2D eigenvalue weighted by Gasteiger charge is -2.21. The Balaban J connectivity index is 1.66. The van der Waals surface area contributed by atoms with E-state index in [0.717, 1.165) is 24.9 Å². The number of aryl methyl sites for hydroxylation is 1. The summed E-state index contributed by atoms with van der Waals surface area (Å²) in [6.45, 7) is 0.234. The van der Waals surface area contributed by atoms with Crippen molar-refractivity contribution in [2.75, 3.05) is 11.9 Å². The highest BCUT2D eigenvalue weighted by molar-refractivity contribution is 5.79. The largest absolute Gasteiger partial charge is 0.456 e. The van der Waals surface area contributed by atoms with E-state index in [0.29, 0.717) is 0 Å². The van der Waals surface area contributed by atoms with Crippen LogP contribution in [0.1, 0.15) is 30.4 Å². The standard InChI is InChI=1S/C15H17F2NO2/c16-15(17)8-11(20-14(15)19)9-18-13-7-3-5-10-4-1-2-6-12(10)13/h3,5,7,11,18H,1-2,4,6,8-9H2. The Morgan fingerprint density at radius 2 is 2.10 bits per heavy atom. The highest BCUT2D eigenvalue weighted by atomic mass is 19.3. The minimum Gasteiger partial charge on any atom is -0.456 e. The third kappa shape index (κ3) is 2.49. The average Bonchev–Trinajstić information content (AvgIpc) is 2.70. The van der Waals surface area contributed by atoms with Crippen LogP contribution in [-0.2, 0) is 22.4 Å². The first-order valence-corrected chi connectivity index (χ1v) is 7.00. The minimum atomic E-state index is -3.33. The zero-order valence-corrected chi connectivity index (χ0v) is 11.1. The van der Waals surface area contributed by atoms with Crippen LogP contribution in [0.15, 0.2) is 18.2 Å². The number of carbonyl (C=O) groups is 1. The topological polar surface area (TPSA) is 38.3 Å². The molecule has 3 nitrogen and oxygen atoms in total. The Labute approximate surface area is 116 Å². The molecule has 1 aromatic rings. The molecule has 0 radical (unpaired) electrons. The molecular formula is C15H17F2NO2. The summed E-state index contributed by atoms with van der Waals surface area (Å²) in [7, 11) is 0. The van der Waals surface area contributed by atoms with Gasteiger partial charge in [-0.3, -0.25) is 0 Å². The van der Waals surface area contributed by atoms with E-state index in [-0.39, 0.29) is 6.54 Å². The number of rotatable bonds is 3. The van der Waals surface area contributed by atoms with Gasteiger partial charge in [-0.25, -0.2) is 4.79 Å². The van der Waals surface area contributed by atoms with Crippen LogP contribution < -0.4 is 5.32 Å². The molecule has 1 aromatic carbocycles. The molecule has 2 aliphatic rings. The number of anilines is 1. The van der Waals surface area contributed by atoms with Gasteiger partial charge in [-0.15, -0.1) is 0 Å². The van der Waals surface area contributed by atoms with Gasteiger partial charge in [0.1, 0.15) is 6.10 Å². The van der Waals surface area contributed by atoms with Crippen molar-refractivity contribution in [2.24, 2.45) is 0 Å². The minimum absolute atomic E-state index is 0.234. The first-order valence-electron chi connectivity index (χ1n) is 7.00. The number of fused-ring (bicyclic) bond motifs is 1. The van der Waals surface area contributed by atoms with E-state index in [1.165, 1.54) is 17.5 Å². The molecule has 0 spiro atoms. The van der Waals surface area contributed by atoms with E-state index < -0.39 is 24.4 Å². The fourth-order valence-corrected chi connectivity index (χ4v) is 2.93. The molecule has 3 rings (SSSR count). The predicted molar refractivity (Wildman–Crippen MR) is 71.0 cm³/mol. The number of halogens is 2. The van der Waals surface area contributed by atoms with Crippen molar-refractivity contribution in [3.63, 3.8) is 0 Å². The summed E-state index contributed by atoms with van der Waals surface area (Å²) < 4.78 is 30.9. The normalized spacial score (nSPS) is 24.1. The van der Waals surface area contributed by atoms with Gasteiger partial charge in [0.2, 0.25) is 0 Å². The fraction of sp³-hybridized carbons (Fsp3) is 0.533. The molecule has 1 unspecified atom stereocenters. The maximum absolute atomic E-state index is 13.1. The Hall–Kier alpha value is -1.65. The Morgan fingerprint density at radius 1 is 1.30 bits per heavy atom. The molecule has 5 heteroatoms. The molecule has 1 heterocycles. The van der Waals surface area contributed by atoms with Gasteiger partial charge in [0.15, 0.2) is 0 Å². The van der Waals surface area contributed by atoms with Gasteiger partial charge in [0.05, 0.1) is 13.0 Å². The van der Waals surface area contributed by atoms with Gasteiger partial charge in [-0.2, -0.15) is 8.78 Å². The summed E-state index contributed by atoms with van der Waals surface area (Å²) in [5.41, 5.74) is 3.58. The van der Waals surface area contributed by atoms with E-state index in [9.17, 15) is 13.6 Å². The van der Waals surface area contributed by atoms with Crippen molar-refractivity contribution >= 4 is 11.7 Å². The molecule has 0 aromatic heterocycles. The second kappa shape index (κ2) is 5.04. The van der Waals surface area contributed by atoms with Crippen molar-refractivity contribution in [1.29, 1.82) is 0 Å². The second-order valence-corrected chi connectivity index (χ2v) is 5.47. The van der Waals surface area contributed by atoms with Gasteiger partial charge in [-0.05, 0) is 42.9 Å². The van der Waals surface area contributed by atoms with Crippen molar-refractivity contribution in [3.8, 4) is 0 Å². The van der Waals surface area contributed by atoms with E-state index in [1.807, 2.05) is 12.1 Å². The summed E-state index contributed by atoms with van der Waals surface area (Å²) in [6, 6.07) is 6.05. The van der Waals surface area contributed by atoms with Gasteiger partial charge in [-0.1, -0.05) is 12.1 Å². The van der Waals surface area contributed by atoms with Crippen molar-refractivity contribution < 1.29 is 18.3 Å². The number of hydrogen-bond donors (Lipinski definition) is 1. The van der Waals surface area contributed by atoms with Crippen molar-refractivity contribution in [1.82, 2.24) is 0 Å². The van der Waals surface area contributed by atoms with Crippen LogP contribution in [0.4, 0.5) is 14.5 Å². The van der Waals surface area contributed by atoms with Crippen LogP contribution in [0.25, 0.3) is 0 Å². The SMILES string of the molecule is O=C1OC(CNc2cccc3c2CCCC3)CC1(F)F.